The molecule has 3 aromatic rings. The van der Waals surface area contributed by atoms with Crippen molar-refractivity contribution < 1.29 is 23.5 Å². The Kier molecular flexibility index (Phi) is 6.55. The Balaban J connectivity index is 1.57. The second-order valence-corrected chi connectivity index (χ2v) is 6.40. The molecule has 0 aliphatic rings. The van der Waals surface area contributed by atoms with Gasteiger partial charge < -0.3 is 19.2 Å². The molecule has 8 nitrogen and oxygen atoms in total. The van der Waals surface area contributed by atoms with Crippen molar-refractivity contribution in [3.63, 3.8) is 0 Å². The van der Waals surface area contributed by atoms with Crippen LogP contribution in [0, 0.1) is 18.3 Å². The molecule has 0 saturated carbocycles. The van der Waals surface area contributed by atoms with Gasteiger partial charge in [0, 0.05) is 18.9 Å². The maximum Gasteiger partial charge on any atom is 0.343 e. The summed E-state index contributed by atoms with van der Waals surface area (Å²) in [5.41, 5.74) is 1.04. The summed E-state index contributed by atoms with van der Waals surface area (Å²) in [5.74, 6) is -0.00389. The maximum absolute atomic E-state index is 12.5. The molecular formula is C22H21N3O5. The molecule has 0 radical (unpaired) electrons. The van der Waals surface area contributed by atoms with Gasteiger partial charge in [-0.25, -0.2) is 4.79 Å². The van der Waals surface area contributed by atoms with Gasteiger partial charge in [0.15, 0.2) is 6.61 Å². The minimum atomic E-state index is -0.786. The first-order chi connectivity index (χ1) is 14.5. The largest absolute Gasteiger partial charge is 0.496 e. The van der Waals surface area contributed by atoms with Crippen molar-refractivity contribution in [2.75, 3.05) is 20.3 Å². The fraction of sp³-hybridized carbons (Fsp3) is 0.227. The van der Waals surface area contributed by atoms with E-state index in [0.29, 0.717) is 13.0 Å². The van der Waals surface area contributed by atoms with Gasteiger partial charge in [-0.05, 0) is 37.1 Å². The van der Waals surface area contributed by atoms with Gasteiger partial charge in [-0.1, -0.05) is 18.2 Å². The number of nitriles is 1. The number of carbonyl (C=O) groups excluding carboxylic acids is 2. The van der Waals surface area contributed by atoms with Crippen LogP contribution in [0.2, 0.25) is 0 Å². The number of ether oxygens (including phenoxy) is 2. The van der Waals surface area contributed by atoms with E-state index in [9.17, 15) is 14.9 Å². The van der Waals surface area contributed by atoms with Gasteiger partial charge in [-0.3, -0.25) is 9.36 Å². The van der Waals surface area contributed by atoms with Crippen molar-refractivity contribution in [3.05, 3.63) is 71.2 Å². The fourth-order valence-electron chi connectivity index (χ4n) is 3.03. The molecular weight excluding hydrogens is 386 g/mol. The van der Waals surface area contributed by atoms with Crippen LogP contribution in [-0.2, 0) is 16.0 Å². The topological polar surface area (TPSA) is 106 Å². The smallest absolute Gasteiger partial charge is 0.343 e. The minimum absolute atomic E-state index is 0.0167. The average Bonchev–Trinajstić information content (AvgIpc) is 3.39. The molecule has 0 unspecified atom stereocenters. The number of furan rings is 1. The van der Waals surface area contributed by atoms with Gasteiger partial charge in [0.1, 0.15) is 28.7 Å². The van der Waals surface area contributed by atoms with Crippen molar-refractivity contribution in [2.45, 2.75) is 13.3 Å². The molecule has 0 aliphatic carbocycles. The highest BCUT2D eigenvalue weighted by atomic mass is 16.5. The molecule has 154 valence electrons. The number of esters is 1. The Labute approximate surface area is 173 Å². The van der Waals surface area contributed by atoms with Gasteiger partial charge in [-0.2, -0.15) is 5.26 Å². The zero-order chi connectivity index (χ0) is 21.5. The van der Waals surface area contributed by atoms with Crippen molar-refractivity contribution >= 4 is 11.9 Å². The van der Waals surface area contributed by atoms with Crippen molar-refractivity contribution in [1.29, 1.82) is 5.26 Å². The van der Waals surface area contributed by atoms with Gasteiger partial charge >= 0.3 is 5.97 Å². The van der Waals surface area contributed by atoms with E-state index < -0.39 is 18.5 Å². The first-order valence-corrected chi connectivity index (χ1v) is 9.27. The number of carbonyl (C=O) groups is 2. The Hall–Kier alpha value is -3.99. The second kappa shape index (κ2) is 9.47. The average molecular weight is 407 g/mol. The molecule has 1 aromatic carbocycles. The SMILES string of the molecule is COc1ccccc1CCNC(=O)COC(=O)c1c(C)oc(-n2cccc2)c1C#N. The molecule has 0 atom stereocenters. The molecule has 0 bridgehead atoms. The number of benzene rings is 1. The molecule has 1 N–H and O–H groups in total. The van der Waals surface area contributed by atoms with Gasteiger partial charge in [0.05, 0.1) is 7.11 Å². The van der Waals surface area contributed by atoms with E-state index in [-0.39, 0.29) is 22.8 Å². The van der Waals surface area contributed by atoms with Crippen molar-refractivity contribution in [2.24, 2.45) is 0 Å². The number of aryl methyl sites for hydroxylation is 1. The highest BCUT2D eigenvalue weighted by Gasteiger charge is 2.26. The number of methoxy groups -OCH3 is 1. The lowest BCUT2D eigenvalue weighted by Gasteiger charge is -2.09. The van der Waals surface area contributed by atoms with Crippen molar-refractivity contribution in [3.8, 4) is 17.7 Å². The zero-order valence-electron chi connectivity index (χ0n) is 16.7. The Morgan fingerprint density at radius 1 is 1.20 bits per heavy atom. The third-order valence-corrected chi connectivity index (χ3v) is 4.46. The number of amides is 1. The molecule has 1 amide bonds. The number of nitrogens with one attached hydrogen (secondary N) is 1. The number of rotatable bonds is 8. The van der Waals surface area contributed by atoms with Crippen LogP contribution in [0.25, 0.3) is 5.88 Å². The van der Waals surface area contributed by atoms with E-state index in [1.165, 1.54) is 0 Å². The van der Waals surface area contributed by atoms with Gasteiger partial charge in [0.25, 0.3) is 5.91 Å². The van der Waals surface area contributed by atoms with Crippen LogP contribution in [0.15, 0.2) is 53.2 Å². The summed E-state index contributed by atoms with van der Waals surface area (Å²) in [6.45, 7) is 1.47. The molecule has 30 heavy (non-hydrogen) atoms. The van der Waals surface area contributed by atoms with Crippen LogP contribution in [0.1, 0.15) is 27.2 Å². The summed E-state index contributed by atoms with van der Waals surface area (Å²) in [4.78, 5) is 24.5. The second-order valence-electron chi connectivity index (χ2n) is 6.40. The Morgan fingerprint density at radius 2 is 1.93 bits per heavy atom. The summed E-state index contributed by atoms with van der Waals surface area (Å²) < 4.78 is 17.5. The fourth-order valence-corrected chi connectivity index (χ4v) is 3.03. The molecule has 3 rings (SSSR count). The van der Waals surface area contributed by atoms with E-state index in [4.69, 9.17) is 13.9 Å². The van der Waals surface area contributed by atoms with Crippen LogP contribution < -0.4 is 10.1 Å². The number of aromatic nitrogens is 1. The summed E-state index contributed by atoms with van der Waals surface area (Å²) in [7, 11) is 1.59. The van der Waals surface area contributed by atoms with E-state index in [1.54, 1.807) is 43.1 Å². The minimum Gasteiger partial charge on any atom is -0.496 e. The highest BCUT2D eigenvalue weighted by Crippen LogP contribution is 2.26. The van der Waals surface area contributed by atoms with Gasteiger partial charge in [0.2, 0.25) is 5.88 Å². The zero-order valence-corrected chi connectivity index (χ0v) is 16.7. The predicted molar refractivity (Wildman–Crippen MR) is 107 cm³/mol. The molecule has 0 spiro atoms. The molecule has 2 aromatic heterocycles. The van der Waals surface area contributed by atoms with Crippen LogP contribution >= 0.6 is 0 Å². The van der Waals surface area contributed by atoms with Crippen LogP contribution in [0.5, 0.6) is 5.75 Å². The lowest BCUT2D eigenvalue weighted by Crippen LogP contribution is -2.30. The lowest BCUT2D eigenvalue weighted by molar-refractivity contribution is -0.124. The highest BCUT2D eigenvalue weighted by molar-refractivity contribution is 5.95. The van der Waals surface area contributed by atoms with Crippen LogP contribution in [-0.4, -0.2) is 36.7 Å². The Bertz CT molecular complexity index is 1080. The quantitative estimate of drug-likeness (QED) is 0.576. The normalized spacial score (nSPS) is 10.3. The number of para-hydroxylation sites is 1. The van der Waals surface area contributed by atoms with E-state index in [1.807, 2.05) is 30.3 Å². The van der Waals surface area contributed by atoms with Crippen LogP contribution in [0.4, 0.5) is 0 Å². The summed E-state index contributed by atoms with van der Waals surface area (Å²) in [6.07, 6.45) is 3.97. The van der Waals surface area contributed by atoms with E-state index >= 15 is 0 Å². The summed E-state index contributed by atoms with van der Waals surface area (Å²) in [6, 6.07) is 13.0. The molecule has 2 heterocycles. The first kappa shape index (κ1) is 20.7. The molecule has 8 heteroatoms. The Morgan fingerprint density at radius 3 is 2.63 bits per heavy atom. The third kappa shape index (κ3) is 4.52. The molecule has 0 fully saturated rings. The number of hydrogen-bond donors (Lipinski definition) is 1. The molecule has 0 aliphatic heterocycles. The monoisotopic (exact) mass is 407 g/mol. The molecule has 0 saturated heterocycles. The van der Waals surface area contributed by atoms with E-state index in [2.05, 4.69) is 5.32 Å². The first-order valence-electron chi connectivity index (χ1n) is 9.27. The van der Waals surface area contributed by atoms with Crippen molar-refractivity contribution in [1.82, 2.24) is 9.88 Å². The van der Waals surface area contributed by atoms with Gasteiger partial charge in [-0.15, -0.1) is 0 Å². The number of hydrogen-bond acceptors (Lipinski definition) is 6. The summed E-state index contributed by atoms with van der Waals surface area (Å²) >= 11 is 0. The lowest BCUT2D eigenvalue weighted by atomic mass is 10.1. The predicted octanol–water partition coefficient (Wildman–Crippen LogP) is 2.77. The summed E-state index contributed by atoms with van der Waals surface area (Å²) in [5, 5.41) is 12.2. The maximum atomic E-state index is 12.5. The number of nitrogens with zero attached hydrogens (tertiary/aromatic N) is 2. The van der Waals surface area contributed by atoms with E-state index in [0.717, 1.165) is 11.3 Å². The third-order valence-electron chi connectivity index (χ3n) is 4.46. The van der Waals surface area contributed by atoms with Crippen LogP contribution in [0.3, 0.4) is 0 Å². The standard InChI is InChI=1S/C22H21N3O5/c1-15-20(17(13-23)21(30-15)25-11-5-6-12-25)22(27)29-14-19(26)24-10-9-16-7-3-4-8-18(16)28-2/h3-8,11-12H,9-10,14H2,1-2H3,(H,24,26).